The number of hydrogen-bond donors (Lipinski definition) is 3. The van der Waals surface area contributed by atoms with Crippen molar-refractivity contribution in [3.8, 4) is 0 Å². The van der Waals surface area contributed by atoms with E-state index in [9.17, 15) is 14.4 Å². The lowest BCUT2D eigenvalue weighted by Gasteiger charge is -2.25. The molecule has 1 saturated heterocycles. The van der Waals surface area contributed by atoms with E-state index in [1.54, 1.807) is 17.0 Å². The Balaban J connectivity index is 0.000000447. The van der Waals surface area contributed by atoms with Crippen LogP contribution >= 0.6 is 23.2 Å². The maximum atomic E-state index is 12.4. The lowest BCUT2D eigenvalue weighted by Crippen LogP contribution is -2.32. The molecule has 3 N–H and O–H groups in total. The molecule has 1 fully saturated rings. The topological polar surface area (TPSA) is 107 Å². The van der Waals surface area contributed by atoms with Crippen LogP contribution in [-0.2, 0) is 14.4 Å². The van der Waals surface area contributed by atoms with Gasteiger partial charge in [0.1, 0.15) is 0 Å². The normalized spacial score (nSPS) is 14.2. The molecule has 160 valence electrons. The second-order valence-corrected chi connectivity index (χ2v) is 7.29. The van der Waals surface area contributed by atoms with Crippen LogP contribution < -0.4 is 10.2 Å². The Hall–Kier alpha value is -2.09. The van der Waals surface area contributed by atoms with E-state index in [1.165, 1.54) is 12.8 Å². The Morgan fingerprint density at radius 2 is 1.69 bits per heavy atom. The molecule has 0 spiro atoms. The number of nitrogens with zero attached hydrogens (tertiary/aromatic N) is 1. The molecule has 0 bridgehead atoms. The van der Waals surface area contributed by atoms with Crippen molar-refractivity contribution >= 4 is 46.7 Å². The van der Waals surface area contributed by atoms with Crippen molar-refractivity contribution in [2.45, 2.75) is 32.6 Å². The number of nitrogens with one attached hydrogen (secondary N) is 1. The van der Waals surface area contributed by atoms with Gasteiger partial charge < -0.3 is 20.4 Å². The minimum atomic E-state index is -1.26. The number of hydrogen-bond acceptors (Lipinski definition) is 4. The van der Waals surface area contributed by atoms with Gasteiger partial charge in [-0.2, -0.15) is 0 Å². The molecule has 29 heavy (non-hydrogen) atoms. The molecule has 0 aromatic heterocycles. The highest BCUT2D eigenvalue weighted by Gasteiger charge is 2.18. The van der Waals surface area contributed by atoms with E-state index < -0.39 is 11.9 Å². The van der Waals surface area contributed by atoms with Gasteiger partial charge in [-0.15, -0.1) is 0 Å². The predicted molar refractivity (Wildman–Crippen MR) is 114 cm³/mol. The summed E-state index contributed by atoms with van der Waals surface area (Å²) in [5, 5.41) is 20.0. The zero-order chi connectivity index (χ0) is 21.8. The molecule has 0 unspecified atom stereocenters. The maximum absolute atomic E-state index is 12.4. The van der Waals surface area contributed by atoms with Gasteiger partial charge in [0.2, 0.25) is 5.91 Å². The number of anilines is 1. The van der Waals surface area contributed by atoms with E-state index in [0.29, 0.717) is 41.1 Å². The van der Waals surface area contributed by atoms with Crippen LogP contribution in [-0.4, -0.2) is 47.7 Å². The first-order valence-corrected chi connectivity index (χ1v) is 10.1. The molecule has 1 aromatic carbocycles. The lowest BCUT2D eigenvalue weighted by atomic mass is 9.93. The second-order valence-electron chi connectivity index (χ2n) is 6.48. The Morgan fingerprint density at radius 3 is 2.17 bits per heavy atom. The predicted octanol–water partition coefficient (Wildman–Crippen LogP) is 3.84. The van der Waals surface area contributed by atoms with Crippen molar-refractivity contribution in [3.05, 3.63) is 40.4 Å². The van der Waals surface area contributed by atoms with Crippen LogP contribution in [0.1, 0.15) is 32.6 Å². The van der Waals surface area contributed by atoms with Gasteiger partial charge in [0.05, 0.1) is 10.0 Å². The Labute approximate surface area is 180 Å². The van der Waals surface area contributed by atoms with E-state index in [4.69, 9.17) is 33.4 Å². The molecular formula is C20H26Cl2N2O5. The molecule has 1 aromatic rings. The van der Waals surface area contributed by atoms with Gasteiger partial charge in [-0.25, -0.2) is 9.59 Å². The van der Waals surface area contributed by atoms with Crippen LogP contribution in [0.15, 0.2) is 30.4 Å². The van der Waals surface area contributed by atoms with Gasteiger partial charge in [-0.3, -0.25) is 4.79 Å². The number of amides is 1. The van der Waals surface area contributed by atoms with E-state index in [-0.39, 0.29) is 5.91 Å². The summed E-state index contributed by atoms with van der Waals surface area (Å²) in [5.41, 5.74) is 0.821. The smallest absolute Gasteiger partial charge is 0.328 e. The summed E-state index contributed by atoms with van der Waals surface area (Å²) in [5.74, 6) is -1.68. The number of carbonyl (C=O) groups is 3. The quantitative estimate of drug-likeness (QED) is 0.551. The van der Waals surface area contributed by atoms with Gasteiger partial charge in [0.25, 0.3) is 0 Å². The number of carbonyl (C=O) groups excluding carboxylic acids is 1. The fraction of sp³-hybridized carbons (Fsp3) is 0.450. The first-order valence-electron chi connectivity index (χ1n) is 9.34. The third-order valence-electron chi connectivity index (χ3n) is 4.43. The molecule has 1 amide bonds. The molecule has 9 heteroatoms. The summed E-state index contributed by atoms with van der Waals surface area (Å²) in [7, 11) is 0. The number of piperidine rings is 1. The molecular weight excluding hydrogens is 419 g/mol. The fourth-order valence-corrected chi connectivity index (χ4v) is 3.22. The van der Waals surface area contributed by atoms with E-state index in [2.05, 4.69) is 5.32 Å². The summed E-state index contributed by atoms with van der Waals surface area (Å²) >= 11 is 12.0. The van der Waals surface area contributed by atoms with Gasteiger partial charge in [-0.05, 0) is 63.4 Å². The molecule has 2 rings (SSSR count). The third kappa shape index (κ3) is 9.78. The van der Waals surface area contributed by atoms with E-state index in [0.717, 1.165) is 25.2 Å². The SMILES string of the molecule is CCN(C(=O)CCC1CCNCC1)c1ccc(Cl)c(Cl)c1.O=C(O)/C=C/C(=O)O. The van der Waals surface area contributed by atoms with Crippen LogP contribution in [0.5, 0.6) is 0 Å². The van der Waals surface area contributed by atoms with E-state index >= 15 is 0 Å². The molecule has 1 aliphatic heterocycles. The highest BCUT2D eigenvalue weighted by Crippen LogP contribution is 2.28. The maximum Gasteiger partial charge on any atom is 0.328 e. The van der Waals surface area contributed by atoms with Gasteiger partial charge in [0, 0.05) is 30.8 Å². The first-order chi connectivity index (χ1) is 13.7. The minimum absolute atomic E-state index is 0.162. The number of halogens is 2. The van der Waals surface area contributed by atoms with Gasteiger partial charge in [0.15, 0.2) is 0 Å². The molecule has 0 saturated carbocycles. The molecule has 1 heterocycles. The standard InChI is InChI=1S/C16H22Cl2N2O.C4H4O4/c1-2-20(13-4-5-14(17)15(18)11-13)16(21)6-3-12-7-9-19-10-8-12;5-3(6)1-2-4(7)8/h4-5,11-12,19H,2-3,6-10H2,1H3;1-2H,(H,5,6)(H,7,8)/b;2-1+. The number of benzene rings is 1. The average Bonchev–Trinajstić information content (AvgIpc) is 2.69. The lowest BCUT2D eigenvalue weighted by molar-refractivity contribution is -0.134. The van der Waals surface area contributed by atoms with Crippen molar-refractivity contribution in [2.75, 3.05) is 24.5 Å². The minimum Gasteiger partial charge on any atom is -0.478 e. The second kappa shape index (κ2) is 13.2. The Kier molecular flexibility index (Phi) is 11.3. The third-order valence-corrected chi connectivity index (χ3v) is 5.16. The van der Waals surface area contributed by atoms with Crippen LogP contribution in [0.2, 0.25) is 10.0 Å². The van der Waals surface area contributed by atoms with Crippen LogP contribution in [0, 0.1) is 5.92 Å². The van der Waals surface area contributed by atoms with E-state index in [1.807, 2.05) is 13.0 Å². The number of rotatable bonds is 7. The largest absolute Gasteiger partial charge is 0.478 e. The Bertz CT molecular complexity index is 718. The number of carboxylic acid groups (broad SMARTS) is 2. The van der Waals surface area contributed by atoms with Crippen LogP contribution in [0.3, 0.4) is 0 Å². The summed E-state index contributed by atoms with van der Waals surface area (Å²) < 4.78 is 0. The number of aliphatic carboxylic acids is 2. The van der Waals surface area contributed by atoms with Gasteiger partial charge in [-0.1, -0.05) is 23.2 Å². The summed E-state index contributed by atoms with van der Waals surface area (Å²) in [6.45, 7) is 4.76. The van der Waals surface area contributed by atoms with Crippen molar-refractivity contribution in [1.29, 1.82) is 0 Å². The zero-order valence-corrected chi connectivity index (χ0v) is 17.7. The molecule has 0 atom stereocenters. The van der Waals surface area contributed by atoms with Gasteiger partial charge >= 0.3 is 11.9 Å². The first kappa shape index (κ1) is 24.9. The monoisotopic (exact) mass is 444 g/mol. The molecule has 0 aliphatic carbocycles. The highest BCUT2D eigenvalue weighted by molar-refractivity contribution is 6.42. The summed E-state index contributed by atoms with van der Waals surface area (Å²) in [6.07, 6.45) is 5.03. The van der Waals surface area contributed by atoms with Crippen molar-refractivity contribution < 1.29 is 24.6 Å². The number of carboxylic acids is 2. The molecule has 0 radical (unpaired) electrons. The van der Waals surface area contributed by atoms with Crippen LogP contribution in [0.4, 0.5) is 5.69 Å². The summed E-state index contributed by atoms with van der Waals surface area (Å²) in [4.78, 5) is 33.3. The molecule has 7 nitrogen and oxygen atoms in total. The summed E-state index contributed by atoms with van der Waals surface area (Å²) in [6, 6.07) is 5.35. The van der Waals surface area contributed by atoms with Crippen LogP contribution in [0.25, 0.3) is 0 Å². The Morgan fingerprint density at radius 1 is 1.10 bits per heavy atom. The zero-order valence-electron chi connectivity index (χ0n) is 16.2. The average molecular weight is 445 g/mol. The van der Waals surface area contributed by atoms with Crippen molar-refractivity contribution in [1.82, 2.24) is 5.32 Å². The highest BCUT2D eigenvalue weighted by atomic mass is 35.5. The van der Waals surface area contributed by atoms with Crippen molar-refractivity contribution in [3.63, 3.8) is 0 Å². The molecule has 1 aliphatic rings. The fourth-order valence-electron chi connectivity index (χ4n) is 2.93. The van der Waals surface area contributed by atoms with Crippen molar-refractivity contribution in [2.24, 2.45) is 5.92 Å².